The fourth-order valence-electron chi connectivity index (χ4n) is 2.85. The summed E-state index contributed by atoms with van der Waals surface area (Å²) < 4.78 is 41.3. The second-order valence-electron chi connectivity index (χ2n) is 7.03. The van der Waals surface area contributed by atoms with Crippen LogP contribution in [-0.4, -0.2) is 45.4 Å². The number of hydrogen-bond donors (Lipinski definition) is 1. The van der Waals surface area contributed by atoms with Crippen molar-refractivity contribution in [2.75, 3.05) is 25.2 Å². The monoisotopic (exact) mass is 449 g/mol. The zero-order valence-electron chi connectivity index (χ0n) is 17.2. The lowest BCUT2D eigenvalue weighted by molar-refractivity contribution is -0.137. The lowest BCUT2D eigenvalue weighted by atomic mass is 10.1. The summed E-state index contributed by atoms with van der Waals surface area (Å²) in [5, 5.41) is 11.3. The third-order valence-corrected chi connectivity index (χ3v) is 5.59. The molecule has 0 fully saturated rings. The van der Waals surface area contributed by atoms with Crippen molar-refractivity contribution < 1.29 is 18.0 Å². The summed E-state index contributed by atoms with van der Waals surface area (Å²) in [6, 6.07) is 14.3. The molecule has 164 valence electrons. The Balaban J connectivity index is 1.80. The van der Waals surface area contributed by atoms with Gasteiger partial charge in [-0.1, -0.05) is 42.1 Å². The number of nitrogens with one attached hydrogen (secondary N) is 1. The number of para-hydroxylation sites is 2. The first-order valence-electron chi connectivity index (χ1n) is 9.44. The van der Waals surface area contributed by atoms with Crippen molar-refractivity contribution >= 4 is 23.4 Å². The van der Waals surface area contributed by atoms with Crippen LogP contribution in [0.3, 0.4) is 0 Å². The van der Waals surface area contributed by atoms with E-state index in [2.05, 4.69) is 15.5 Å². The van der Waals surface area contributed by atoms with Crippen molar-refractivity contribution in [2.45, 2.75) is 24.3 Å². The lowest BCUT2D eigenvalue weighted by Crippen LogP contribution is -2.21. The van der Waals surface area contributed by atoms with Crippen LogP contribution in [0, 0.1) is 0 Å². The number of thioether (sulfide) groups is 1. The molecule has 3 rings (SSSR count). The Morgan fingerprint density at radius 3 is 2.39 bits per heavy atom. The van der Waals surface area contributed by atoms with Gasteiger partial charge in [-0.25, -0.2) is 0 Å². The predicted molar refractivity (Wildman–Crippen MR) is 114 cm³/mol. The van der Waals surface area contributed by atoms with Crippen LogP contribution in [0.1, 0.15) is 24.4 Å². The van der Waals surface area contributed by atoms with E-state index < -0.39 is 17.6 Å². The molecule has 2 aromatic carbocycles. The van der Waals surface area contributed by atoms with Crippen LogP contribution in [0.4, 0.5) is 18.9 Å². The number of benzene rings is 2. The first-order chi connectivity index (χ1) is 14.7. The molecule has 1 heterocycles. The van der Waals surface area contributed by atoms with Crippen molar-refractivity contribution in [3.63, 3.8) is 0 Å². The third kappa shape index (κ3) is 5.45. The highest BCUT2D eigenvalue weighted by Crippen LogP contribution is 2.34. The fourth-order valence-corrected chi connectivity index (χ4v) is 3.61. The molecule has 1 aromatic heterocycles. The zero-order chi connectivity index (χ0) is 22.6. The van der Waals surface area contributed by atoms with Gasteiger partial charge in [0.15, 0.2) is 11.0 Å². The van der Waals surface area contributed by atoms with Crippen LogP contribution >= 0.6 is 11.8 Å². The summed E-state index contributed by atoms with van der Waals surface area (Å²) in [4.78, 5) is 14.4. The van der Waals surface area contributed by atoms with Crippen LogP contribution in [0.2, 0.25) is 0 Å². The molecule has 0 spiro atoms. The molecule has 0 bridgehead atoms. The van der Waals surface area contributed by atoms with Gasteiger partial charge in [0.05, 0.1) is 23.0 Å². The molecule has 0 radical (unpaired) electrons. The van der Waals surface area contributed by atoms with Gasteiger partial charge in [0.2, 0.25) is 5.91 Å². The minimum atomic E-state index is -4.55. The maximum atomic E-state index is 13.2. The number of halogens is 3. The average Bonchev–Trinajstić information content (AvgIpc) is 3.15. The van der Waals surface area contributed by atoms with Crippen LogP contribution in [-0.2, 0) is 11.0 Å². The summed E-state index contributed by atoms with van der Waals surface area (Å²) >= 11 is 1.11. The Kier molecular flexibility index (Phi) is 7.01. The molecular weight excluding hydrogens is 427 g/mol. The molecule has 1 atom stereocenters. The lowest BCUT2D eigenvalue weighted by Gasteiger charge is -2.20. The van der Waals surface area contributed by atoms with Crippen molar-refractivity contribution in [3.8, 4) is 5.69 Å². The minimum absolute atomic E-state index is 0.0467. The Bertz CT molecular complexity index is 1040. The minimum Gasteiger partial charge on any atom is -0.325 e. The van der Waals surface area contributed by atoms with Gasteiger partial charge in [0.25, 0.3) is 0 Å². The van der Waals surface area contributed by atoms with Crippen LogP contribution < -0.4 is 5.32 Å². The van der Waals surface area contributed by atoms with E-state index in [-0.39, 0.29) is 17.5 Å². The van der Waals surface area contributed by atoms with E-state index in [9.17, 15) is 18.0 Å². The Morgan fingerprint density at radius 1 is 1.10 bits per heavy atom. The normalized spacial score (nSPS) is 12.7. The van der Waals surface area contributed by atoms with Gasteiger partial charge in [0, 0.05) is 5.69 Å². The van der Waals surface area contributed by atoms with E-state index in [1.165, 1.54) is 18.2 Å². The summed E-state index contributed by atoms with van der Waals surface area (Å²) in [6.45, 7) is 1.98. The van der Waals surface area contributed by atoms with Gasteiger partial charge in [-0.2, -0.15) is 13.2 Å². The van der Waals surface area contributed by atoms with Gasteiger partial charge in [-0.3, -0.25) is 14.3 Å². The van der Waals surface area contributed by atoms with Gasteiger partial charge in [0.1, 0.15) is 0 Å². The Hall–Kier alpha value is -2.85. The van der Waals surface area contributed by atoms with Crippen molar-refractivity contribution in [1.29, 1.82) is 0 Å². The van der Waals surface area contributed by atoms with Gasteiger partial charge < -0.3 is 5.32 Å². The Labute approximate surface area is 182 Å². The van der Waals surface area contributed by atoms with Crippen molar-refractivity contribution in [2.24, 2.45) is 0 Å². The molecular formula is C21H22F3N5OS. The van der Waals surface area contributed by atoms with Gasteiger partial charge >= 0.3 is 6.18 Å². The second kappa shape index (κ2) is 9.52. The molecule has 0 saturated carbocycles. The Morgan fingerprint density at radius 2 is 1.74 bits per heavy atom. The average molecular weight is 450 g/mol. The van der Waals surface area contributed by atoms with E-state index in [0.717, 1.165) is 23.5 Å². The van der Waals surface area contributed by atoms with Gasteiger partial charge in [-0.05, 0) is 45.3 Å². The molecule has 1 N–H and O–H groups in total. The molecule has 0 aliphatic heterocycles. The van der Waals surface area contributed by atoms with E-state index >= 15 is 0 Å². The summed E-state index contributed by atoms with van der Waals surface area (Å²) in [5.41, 5.74) is -0.323. The summed E-state index contributed by atoms with van der Waals surface area (Å²) in [5.74, 6) is 0.0149. The first kappa shape index (κ1) is 22.8. The number of anilines is 1. The van der Waals surface area contributed by atoms with E-state index in [1.54, 1.807) is 0 Å². The number of rotatable bonds is 7. The number of nitrogens with zero attached hydrogens (tertiary/aromatic N) is 4. The number of alkyl halides is 3. The van der Waals surface area contributed by atoms with E-state index in [4.69, 9.17) is 0 Å². The molecule has 10 heteroatoms. The van der Waals surface area contributed by atoms with Crippen molar-refractivity contribution in [1.82, 2.24) is 19.7 Å². The number of hydrogen-bond acceptors (Lipinski definition) is 5. The summed E-state index contributed by atoms with van der Waals surface area (Å²) in [7, 11) is 3.85. The van der Waals surface area contributed by atoms with Crippen LogP contribution in [0.25, 0.3) is 5.69 Å². The molecule has 0 aliphatic carbocycles. The van der Waals surface area contributed by atoms with E-state index in [0.29, 0.717) is 11.0 Å². The molecule has 0 saturated heterocycles. The van der Waals surface area contributed by atoms with Crippen molar-refractivity contribution in [3.05, 3.63) is 66.0 Å². The predicted octanol–water partition coefficient (Wildman–Crippen LogP) is 4.64. The van der Waals surface area contributed by atoms with Gasteiger partial charge in [-0.15, -0.1) is 10.2 Å². The topological polar surface area (TPSA) is 63.1 Å². The highest BCUT2D eigenvalue weighted by molar-refractivity contribution is 7.99. The molecule has 0 aliphatic rings. The highest BCUT2D eigenvalue weighted by Gasteiger charge is 2.33. The fraction of sp³-hybridized carbons (Fsp3) is 0.286. The quantitative estimate of drug-likeness (QED) is 0.533. The maximum Gasteiger partial charge on any atom is 0.418 e. The molecule has 31 heavy (non-hydrogen) atoms. The molecule has 1 unspecified atom stereocenters. The molecule has 1 amide bonds. The zero-order valence-corrected chi connectivity index (χ0v) is 18.0. The first-order valence-corrected chi connectivity index (χ1v) is 10.4. The highest BCUT2D eigenvalue weighted by atomic mass is 32.2. The standard InChI is InChI=1S/C21H22F3N5OS/c1-14(28(2)3)19-26-27-20(29(19)15-9-5-4-6-10-15)31-13-18(30)25-17-12-8-7-11-16(17)21(22,23)24/h4-12,14H,13H2,1-3H3,(H,25,30). The second-order valence-corrected chi connectivity index (χ2v) is 7.97. The number of carbonyl (C=O) groups is 1. The van der Waals surface area contributed by atoms with Crippen LogP contribution in [0.15, 0.2) is 59.8 Å². The largest absolute Gasteiger partial charge is 0.418 e. The van der Waals surface area contributed by atoms with E-state index in [1.807, 2.05) is 60.8 Å². The third-order valence-electron chi connectivity index (χ3n) is 4.66. The number of aromatic nitrogens is 3. The maximum absolute atomic E-state index is 13.2. The SMILES string of the molecule is CC(c1nnc(SCC(=O)Nc2ccccc2C(F)(F)F)n1-c1ccccc1)N(C)C. The smallest absolute Gasteiger partial charge is 0.325 e. The van der Waals surface area contributed by atoms with Crippen LogP contribution in [0.5, 0.6) is 0 Å². The number of carbonyl (C=O) groups excluding carboxylic acids is 1. The number of amides is 1. The summed E-state index contributed by atoms with van der Waals surface area (Å²) in [6.07, 6.45) is -4.55. The molecule has 6 nitrogen and oxygen atoms in total. The molecule has 3 aromatic rings.